The molecule has 0 saturated heterocycles. The van der Waals surface area contributed by atoms with E-state index >= 15 is 0 Å². The fraction of sp³-hybridized carbons (Fsp3) is 0.516. The molecule has 1 heterocycles. The minimum Gasteiger partial charge on any atom is -0.393 e. The first-order valence-corrected chi connectivity index (χ1v) is 13.1. The van der Waals surface area contributed by atoms with Crippen LogP contribution in [0.3, 0.4) is 0 Å². The summed E-state index contributed by atoms with van der Waals surface area (Å²) in [5.41, 5.74) is 4.45. The first-order chi connectivity index (χ1) is 16.4. The minimum absolute atomic E-state index is 0. The monoisotopic (exact) mass is 651 g/mol. The molecule has 35 heavy (non-hydrogen) atoms. The summed E-state index contributed by atoms with van der Waals surface area (Å²) in [6, 6.07) is 18.0. The van der Waals surface area contributed by atoms with Crippen LogP contribution in [0.5, 0.6) is 0 Å². The molecule has 3 aromatic rings. The Morgan fingerprint density at radius 1 is 1.00 bits per heavy atom. The molecule has 1 radical (unpaired) electrons. The number of aromatic nitrogens is 1. The van der Waals surface area contributed by atoms with Crippen molar-refractivity contribution in [2.75, 3.05) is 0 Å². The summed E-state index contributed by atoms with van der Waals surface area (Å²) in [6.45, 7) is 8.61. The van der Waals surface area contributed by atoms with Crippen LogP contribution in [0, 0.1) is 43.6 Å². The third-order valence-electron chi connectivity index (χ3n) is 8.20. The maximum Gasteiger partial charge on any atom is 0.0626 e. The summed E-state index contributed by atoms with van der Waals surface area (Å²) in [7, 11) is 0. The SMILES string of the molecule is CCC(C)C1CCCC2CCC(O)C2C1O.Cc1[c-]c(-c2cc3ccccc3cn2)cc(C)c1.[Ir]. The van der Waals surface area contributed by atoms with Gasteiger partial charge in [0.05, 0.1) is 12.2 Å². The molecule has 6 atom stereocenters. The van der Waals surface area contributed by atoms with Gasteiger partial charge in [0.25, 0.3) is 0 Å². The van der Waals surface area contributed by atoms with Crippen molar-refractivity contribution in [1.82, 2.24) is 4.98 Å². The normalized spacial score (nSPS) is 26.6. The Labute approximate surface area is 224 Å². The van der Waals surface area contributed by atoms with Crippen molar-refractivity contribution >= 4 is 10.8 Å². The standard InChI is InChI=1S/C17H14N.C14H26O2.Ir/c1-12-7-13(2)9-16(8-12)17-10-14-5-3-4-6-15(14)11-18-17;1-3-9(2)11-6-4-5-10-7-8-12(15)13(10)14(11)16;/h3-8,10-11H,1-2H3;9-16H,3-8H2,1-2H3;/q-1;;. The number of hydrogen-bond acceptors (Lipinski definition) is 3. The second-order valence-electron chi connectivity index (χ2n) is 10.6. The molecule has 0 aliphatic heterocycles. The van der Waals surface area contributed by atoms with Crippen molar-refractivity contribution in [2.45, 2.75) is 78.4 Å². The zero-order valence-electron chi connectivity index (χ0n) is 21.5. The van der Waals surface area contributed by atoms with Crippen LogP contribution in [-0.4, -0.2) is 27.4 Å². The van der Waals surface area contributed by atoms with Crippen LogP contribution < -0.4 is 0 Å². The number of aliphatic hydroxyl groups is 2. The fourth-order valence-corrected chi connectivity index (χ4v) is 6.19. The Kier molecular flexibility index (Phi) is 10.1. The molecule has 2 N–H and O–H groups in total. The fourth-order valence-electron chi connectivity index (χ4n) is 6.19. The molecule has 0 amide bonds. The zero-order valence-corrected chi connectivity index (χ0v) is 23.9. The van der Waals surface area contributed by atoms with E-state index in [4.69, 9.17) is 0 Å². The molecule has 1 aromatic heterocycles. The van der Waals surface area contributed by atoms with Gasteiger partial charge in [0, 0.05) is 32.2 Å². The number of pyridine rings is 1. The molecule has 0 bridgehead atoms. The van der Waals surface area contributed by atoms with Crippen molar-refractivity contribution in [3.8, 4) is 11.3 Å². The molecule has 2 saturated carbocycles. The maximum atomic E-state index is 10.5. The Bertz CT molecular complexity index is 1080. The predicted octanol–water partition coefficient (Wildman–Crippen LogP) is 6.90. The molecule has 4 heteroatoms. The van der Waals surface area contributed by atoms with Crippen LogP contribution in [0.4, 0.5) is 0 Å². The van der Waals surface area contributed by atoms with E-state index in [1.807, 2.05) is 12.3 Å². The van der Waals surface area contributed by atoms with E-state index in [1.165, 1.54) is 29.2 Å². The Balaban J connectivity index is 0.000000192. The summed E-state index contributed by atoms with van der Waals surface area (Å²) in [5, 5.41) is 23.0. The first-order valence-electron chi connectivity index (χ1n) is 13.1. The van der Waals surface area contributed by atoms with E-state index in [2.05, 4.69) is 75.1 Å². The van der Waals surface area contributed by atoms with Gasteiger partial charge in [-0.3, -0.25) is 0 Å². The van der Waals surface area contributed by atoms with Crippen LogP contribution >= 0.6 is 0 Å². The van der Waals surface area contributed by atoms with Crippen LogP contribution in [-0.2, 0) is 20.1 Å². The molecular weight excluding hydrogens is 611 g/mol. The Morgan fingerprint density at radius 2 is 1.74 bits per heavy atom. The van der Waals surface area contributed by atoms with Crippen LogP contribution in [0.1, 0.15) is 63.5 Å². The molecule has 0 spiro atoms. The third kappa shape index (κ3) is 6.60. The average Bonchev–Trinajstić information content (AvgIpc) is 3.11. The molecule has 5 rings (SSSR count). The van der Waals surface area contributed by atoms with E-state index in [9.17, 15) is 10.2 Å². The van der Waals surface area contributed by atoms with Crippen molar-refractivity contribution in [2.24, 2.45) is 23.7 Å². The summed E-state index contributed by atoms with van der Waals surface area (Å²) in [4.78, 5) is 4.53. The van der Waals surface area contributed by atoms with E-state index < -0.39 is 0 Å². The summed E-state index contributed by atoms with van der Waals surface area (Å²) in [6.07, 6.45) is 8.17. The van der Waals surface area contributed by atoms with Gasteiger partial charge in [0.15, 0.2) is 0 Å². The molecule has 3 nitrogen and oxygen atoms in total. The van der Waals surface area contributed by atoms with Crippen LogP contribution in [0.2, 0.25) is 0 Å². The van der Waals surface area contributed by atoms with Gasteiger partial charge in [-0.15, -0.1) is 34.9 Å². The van der Waals surface area contributed by atoms with Gasteiger partial charge in [0.2, 0.25) is 0 Å². The third-order valence-corrected chi connectivity index (χ3v) is 8.20. The smallest absolute Gasteiger partial charge is 0.0626 e. The second-order valence-corrected chi connectivity index (χ2v) is 10.6. The molecule has 2 aliphatic carbocycles. The van der Waals surface area contributed by atoms with E-state index in [1.54, 1.807) is 0 Å². The van der Waals surface area contributed by atoms with Gasteiger partial charge >= 0.3 is 0 Å². The maximum absolute atomic E-state index is 10.5. The number of benzene rings is 2. The van der Waals surface area contributed by atoms with Crippen molar-refractivity contribution < 1.29 is 30.3 Å². The van der Waals surface area contributed by atoms with Crippen molar-refractivity contribution in [3.63, 3.8) is 0 Å². The largest absolute Gasteiger partial charge is 0.393 e. The summed E-state index contributed by atoms with van der Waals surface area (Å²) >= 11 is 0. The number of hydrogen-bond donors (Lipinski definition) is 2. The molecular formula is C31H40IrNO2-. The quantitative estimate of drug-likeness (QED) is 0.304. The number of nitrogens with zero attached hydrogens (tertiary/aromatic N) is 1. The van der Waals surface area contributed by atoms with Gasteiger partial charge in [-0.25, -0.2) is 0 Å². The van der Waals surface area contributed by atoms with Crippen LogP contribution in [0.15, 0.2) is 48.7 Å². The average molecular weight is 651 g/mol. The number of rotatable bonds is 3. The zero-order chi connectivity index (χ0) is 24.2. The molecule has 2 aliphatic rings. The Morgan fingerprint density at radius 3 is 2.46 bits per heavy atom. The summed E-state index contributed by atoms with van der Waals surface area (Å²) in [5.74, 6) is 1.75. The van der Waals surface area contributed by atoms with Crippen molar-refractivity contribution in [1.29, 1.82) is 0 Å². The Hall–Kier alpha value is -1.58. The minimum atomic E-state index is -0.264. The van der Waals surface area contributed by atoms with Gasteiger partial charge in [-0.1, -0.05) is 70.9 Å². The molecule has 6 unspecified atom stereocenters. The molecule has 2 fully saturated rings. The number of aryl methyl sites for hydroxylation is 2. The summed E-state index contributed by atoms with van der Waals surface area (Å²) < 4.78 is 0. The van der Waals surface area contributed by atoms with E-state index in [-0.39, 0.29) is 38.2 Å². The van der Waals surface area contributed by atoms with Crippen LogP contribution in [0.25, 0.3) is 22.0 Å². The number of aliphatic hydroxyl groups excluding tert-OH is 2. The van der Waals surface area contributed by atoms with E-state index in [0.717, 1.165) is 42.5 Å². The molecule has 2 aromatic carbocycles. The molecule has 191 valence electrons. The van der Waals surface area contributed by atoms with Gasteiger partial charge in [-0.05, 0) is 59.9 Å². The topological polar surface area (TPSA) is 53.4 Å². The van der Waals surface area contributed by atoms with E-state index in [0.29, 0.717) is 17.8 Å². The van der Waals surface area contributed by atoms with Gasteiger partial charge in [-0.2, -0.15) is 0 Å². The number of fused-ring (bicyclic) bond motifs is 2. The first kappa shape index (κ1) is 28.0. The second kappa shape index (κ2) is 12.6. The predicted molar refractivity (Wildman–Crippen MR) is 141 cm³/mol. The van der Waals surface area contributed by atoms with Gasteiger partial charge in [0.1, 0.15) is 0 Å². The van der Waals surface area contributed by atoms with Crippen molar-refractivity contribution in [3.05, 3.63) is 65.9 Å². The van der Waals surface area contributed by atoms with Gasteiger partial charge < -0.3 is 15.2 Å².